The molecule has 0 saturated heterocycles. The second kappa shape index (κ2) is 5.82. The molecule has 2 aromatic rings. The van der Waals surface area contributed by atoms with Crippen LogP contribution >= 0.6 is 0 Å². The Kier molecular flexibility index (Phi) is 4.15. The van der Waals surface area contributed by atoms with Crippen LogP contribution in [0.15, 0.2) is 18.7 Å². The second-order valence-electron chi connectivity index (χ2n) is 4.65. The van der Waals surface area contributed by atoms with Gasteiger partial charge in [-0.25, -0.2) is 4.98 Å². The number of hydrogen-bond acceptors (Lipinski definition) is 3. The summed E-state index contributed by atoms with van der Waals surface area (Å²) in [5.41, 5.74) is 9.63. The molecule has 0 aliphatic carbocycles. The average Bonchev–Trinajstić information content (AvgIpc) is 2.98. The van der Waals surface area contributed by atoms with Gasteiger partial charge in [-0.05, 0) is 31.7 Å². The van der Waals surface area contributed by atoms with Crippen LogP contribution in [-0.4, -0.2) is 19.7 Å². The Morgan fingerprint density at radius 1 is 1.44 bits per heavy atom. The summed E-state index contributed by atoms with van der Waals surface area (Å²) < 4.78 is 2.16. The topological polar surface area (TPSA) is 72.5 Å². The molecule has 0 fully saturated rings. The number of imidazole rings is 1. The molecule has 2 rings (SSSR count). The molecule has 2 heterocycles. The maximum Gasteiger partial charge on any atom is 0.0948 e. The van der Waals surface area contributed by atoms with E-state index >= 15 is 0 Å². The summed E-state index contributed by atoms with van der Waals surface area (Å²) in [4.78, 5) is 4.19. The van der Waals surface area contributed by atoms with Crippen molar-refractivity contribution in [2.45, 2.75) is 45.7 Å². The molecule has 0 aliphatic heterocycles. The fourth-order valence-electron chi connectivity index (χ4n) is 2.10. The van der Waals surface area contributed by atoms with Crippen molar-refractivity contribution >= 4 is 0 Å². The standard InChI is InChI=1S/C13H21N5/c1-3-12(14)13-8-15-9-18(13)6-4-5-11-7-16-17-10(11)2/h7-9,12H,3-6,14H2,1-2H3,(H,16,17)/t12-/m1/s1. The predicted molar refractivity (Wildman–Crippen MR) is 71.1 cm³/mol. The Morgan fingerprint density at radius 2 is 2.28 bits per heavy atom. The lowest BCUT2D eigenvalue weighted by Crippen LogP contribution is -2.14. The first-order valence-corrected chi connectivity index (χ1v) is 6.46. The van der Waals surface area contributed by atoms with E-state index in [1.165, 1.54) is 5.56 Å². The molecule has 5 nitrogen and oxygen atoms in total. The van der Waals surface area contributed by atoms with Gasteiger partial charge in [0.05, 0.1) is 18.2 Å². The minimum atomic E-state index is 0.0863. The molecule has 0 spiro atoms. The molecule has 0 amide bonds. The van der Waals surface area contributed by atoms with E-state index in [2.05, 4.69) is 33.6 Å². The highest BCUT2D eigenvalue weighted by Gasteiger charge is 2.09. The molecule has 98 valence electrons. The van der Waals surface area contributed by atoms with E-state index in [1.807, 2.05) is 18.7 Å². The summed E-state index contributed by atoms with van der Waals surface area (Å²) in [6, 6.07) is 0.0863. The van der Waals surface area contributed by atoms with Crippen LogP contribution in [0.1, 0.15) is 42.8 Å². The van der Waals surface area contributed by atoms with Gasteiger partial charge >= 0.3 is 0 Å². The number of rotatable bonds is 6. The summed E-state index contributed by atoms with van der Waals surface area (Å²) in [6.07, 6.45) is 8.68. The molecule has 18 heavy (non-hydrogen) atoms. The molecule has 0 aliphatic rings. The SMILES string of the molecule is CC[C@@H](N)c1cncn1CCCc1cn[nH]c1C. The number of aromatic nitrogens is 4. The van der Waals surface area contributed by atoms with E-state index in [9.17, 15) is 0 Å². The van der Waals surface area contributed by atoms with Crippen molar-refractivity contribution in [3.63, 3.8) is 0 Å². The van der Waals surface area contributed by atoms with E-state index in [1.54, 1.807) is 0 Å². The van der Waals surface area contributed by atoms with Crippen LogP contribution in [0, 0.1) is 6.92 Å². The molecule has 0 unspecified atom stereocenters. The third kappa shape index (κ3) is 2.79. The lowest BCUT2D eigenvalue weighted by molar-refractivity contribution is 0.568. The van der Waals surface area contributed by atoms with Gasteiger partial charge in [0.2, 0.25) is 0 Å². The summed E-state index contributed by atoms with van der Waals surface area (Å²) in [7, 11) is 0. The van der Waals surface area contributed by atoms with Crippen LogP contribution in [0.4, 0.5) is 0 Å². The third-order valence-electron chi connectivity index (χ3n) is 3.34. The summed E-state index contributed by atoms with van der Waals surface area (Å²) in [6.45, 7) is 5.10. The average molecular weight is 247 g/mol. The Balaban J connectivity index is 1.91. The van der Waals surface area contributed by atoms with Crippen molar-refractivity contribution in [1.29, 1.82) is 0 Å². The van der Waals surface area contributed by atoms with Gasteiger partial charge in [-0.3, -0.25) is 5.10 Å². The van der Waals surface area contributed by atoms with E-state index in [-0.39, 0.29) is 6.04 Å². The van der Waals surface area contributed by atoms with Crippen LogP contribution < -0.4 is 5.73 Å². The fourth-order valence-corrected chi connectivity index (χ4v) is 2.10. The van der Waals surface area contributed by atoms with Gasteiger partial charge in [0.25, 0.3) is 0 Å². The summed E-state index contributed by atoms with van der Waals surface area (Å²) in [5.74, 6) is 0. The van der Waals surface area contributed by atoms with Gasteiger partial charge in [-0.1, -0.05) is 6.92 Å². The molecule has 5 heteroatoms. The van der Waals surface area contributed by atoms with E-state index in [0.29, 0.717) is 0 Å². The minimum absolute atomic E-state index is 0.0863. The van der Waals surface area contributed by atoms with Gasteiger partial charge in [0.15, 0.2) is 0 Å². The summed E-state index contributed by atoms with van der Waals surface area (Å²) in [5, 5.41) is 6.99. The number of nitrogens with two attached hydrogens (primary N) is 1. The van der Waals surface area contributed by atoms with Gasteiger partial charge in [-0.2, -0.15) is 5.10 Å². The zero-order chi connectivity index (χ0) is 13.0. The van der Waals surface area contributed by atoms with Gasteiger partial charge in [0.1, 0.15) is 0 Å². The number of nitrogens with zero attached hydrogens (tertiary/aromatic N) is 3. The van der Waals surface area contributed by atoms with Crippen molar-refractivity contribution in [3.05, 3.63) is 35.7 Å². The molecular weight excluding hydrogens is 226 g/mol. The van der Waals surface area contributed by atoms with Gasteiger partial charge in [0, 0.05) is 24.5 Å². The molecule has 3 N–H and O–H groups in total. The molecule has 0 aromatic carbocycles. The van der Waals surface area contributed by atoms with Crippen LogP contribution in [0.2, 0.25) is 0 Å². The highest BCUT2D eigenvalue weighted by Crippen LogP contribution is 2.14. The number of aryl methyl sites for hydroxylation is 3. The highest BCUT2D eigenvalue weighted by molar-refractivity contribution is 5.14. The maximum absolute atomic E-state index is 6.05. The first-order valence-electron chi connectivity index (χ1n) is 6.46. The van der Waals surface area contributed by atoms with E-state index in [4.69, 9.17) is 5.73 Å². The van der Waals surface area contributed by atoms with E-state index < -0.39 is 0 Å². The second-order valence-corrected chi connectivity index (χ2v) is 4.65. The first-order chi connectivity index (χ1) is 8.72. The van der Waals surface area contributed by atoms with Crippen molar-refractivity contribution in [2.75, 3.05) is 0 Å². The predicted octanol–water partition coefficient (Wildman–Crippen LogP) is 1.96. The number of aromatic amines is 1. The Bertz CT molecular complexity index is 485. The summed E-state index contributed by atoms with van der Waals surface area (Å²) >= 11 is 0. The lowest BCUT2D eigenvalue weighted by Gasteiger charge is -2.12. The van der Waals surface area contributed by atoms with Crippen LogP contribution in [0.25, 0.3) is 0 Å². The zero-order valence-corrected chi connectivity index (χ0v) is 11.1. The number of nitrogens with one attached hydrogen (secondary N) is 1. The molecular formula is C13H21N5. The van der Waals surface area contributed by atoms with Gasteiger partial charge in [-0.15, -0.1) is 0 Å². The van der Waals surface area contributed by atoms with Crippen LogP contribution in [0.5, 0.6) is 0 Å². The first kappa shape index (κ1) is 12.8. The lowest BCUT2D eigenvalue weighted by atomic mass is 10.1. The quantitative estimate of drug-likeness (QED) is 0.819. The Morgan fingerprint density at radius 3 is 2.94 bits per heavy atom. The molecule has 1 atom stereocenters. The fraction of sp³-hybridized carbons (Fsp3) is 0.538. The van der Waals surface area contributed by atoms with Crippen LogP contribution in [-0.2, 0) is 13.0 Å². The van der Waals surface area contributed by atoms with Crippen molar-refractivity contribution in [3.8, 4) is 0 Å². The largest absolute Gasteiger partial charge is 0.333 e. The zero-order valence-electron chi connectivity index (χ0n) is 11.1. The number of hydrogen-bond donors (Lipinski definition) is 2. The minimum Gasteiger partial charge on any atom is -0.333 e. The molecule has 0 saturated carbocycles. The maximum atomic E-state index is 6.05. The Hall–Kier alpha value is -1.62. The third-order valence-corrected chi connectivity index (χ3v) is 3.34. The smallest absolute Gasteiger partial charge is 0.0948 e. The van der Waals surface area contributed by atoms with Gasteiger partial charge < -0.3 is 10.3 Å². The van der Waals surface area contributed by atoms with Crippen molar-refractivity contribution in [1.82, 2.24) is 19.7 Å². The van der Waals surface area contributed by atoms with Crippen molar-refractivity contribution < 1.29 is 0 Å². The number of H-pyrrole nitrogens is 1. The normalized spacial score (nSPS) is 12.8. The Labute approximate surface area is 107 Å². The van der Waals surface area contributed by atoms with Crippen LogP contribution in [0.3, 0.4) is 0 Å². The monoisotopic (exact) mass is 247 g/mol. The van der Waals surface area contributed by atoms with E-state index in [0.717, 1.165) is 37.2 Å². The highest BCUT2D eigenvalue weighted by atomic mass is 15.1. The van der Waals surface area contributed by atoms with Crippen molar-refractivity contribution in [2.24, 2.45) is 5.73 Å². The molecule has 0 radical (unpaired) electrons. The molecule has 2 aromatic heterocycles. The molecule has 0 bridgehead atoms.